The van der Waals surface area contributed by atoms with E-state index in [-0.39, 0.29) is 11.4 Å². The second kappa shape index (κ2) is 7.70. The summed E-state index contributed by atoms with van der Waals surface area (Å²) < 4.78 is 44.7. The van der Waals surface area contributed by atoms with Crippen LogP contribution >= 0.6 is 15.9 Å². The van der Waals surface area contributed by atoms with E-state index in [1.807, 2.05) is 6.92 Å². The second-order valence-electron chi connectivity index (χ2n) is 4.99. The fraction of sp³-hybridized carbons (Fsp3) is 0.235. The third-order valence-electron chi connectivity index (χ3n) is 3.14. The molecule has 3 nitrogen and oxygen atoms in total. The molecule has 0 aliphatic carbocycles. The standard InChI is InChI=1S/C17H15BrF3NO2/c1-2-9-24-15-8-7-11(17(19,20)21)10-14(15)22-16(23)12-5-3-4-6-13(12)18/h3-8,10H,2,9H2,1H3,(H,22,23). The lowest BCUT2D eigenvalue weighted by Crippen LogP contribution is -2.15. The summed E-state index contributed by atoms with van der Waals surface area (Å²) in [4.78, 5) is 12.3. The third kappa shape index (κ3) is 4.50. The van der Waals surface area contributed by atoms with Crippen molar-refractivity contribution in [3.8, 4) is 5.75 Å². The van der Waals surface area contributed by atoms with Crippen molar-refractivity contribution in [3.63, 3.8) is 0 Å². The number of carbonyl (C=O) groups is 1. The predicted octanol–water partition coefficient (Wildman–Crippen LogP) is 5.51. The van der Waals surface area contributed by atoms with Crippen LogP contribution in [-0.4, -0.2) is 12.5 Å². The maximum atomic E-state index is 12.9. The Kier molecular flexibility index (Phi) is 5.88. The zero-order chi connectivity index (χ0) is 17.7. The van der Waals surface area contributed by atoms with Gasteiger partial charge in [0, 0.05) is 4.47 Å². The molecule has 0 unspecified atom stereocenters. The lowest BCUT2D eigenvalue weighted by Gasteiger charge is -2.15. The van der Waals surface area contributed by atoms with Crippen molar-refractivity contribution in [1.82, 2.24) is 0 Å². The Morgan fingerprint density at radius 2 is 1.92 bits per heavy atom. The fourth-order valence-corrected chi connectivity index (χ4v) is 2.44. The van der Waals surface area contributed by atoms with E-state index < -0.39 is 17.6 Å². The number of benzene rings is 2. The van der Waals surface area contributed by atoms with Crippen LogP contribution in [-0.2, 0) is 6.18 Å². The molecule has 0 aliphatic heterocycles. The van der Waals surface area contributed by atoms with Crippen LogP contribution in [0.5, 0.6) is 5.75 Å². The molecular formula is C17H15BrF3NO2. The van der Waals surface area contributed by atoms with Crippen molar-refractivity contribution in [3.05, 3.63) is 58.1 Å². The first-order valence-electron chi connectivity index (χ1n) is 7.23. The fourth-order valence-electron chi connectivity index (χ4n) is 1.98. The molecular weight excluding hydrogens is 387 g/mol. The quantitative estimate of drug-likeness (QED) is 0.717. The Labute approximate surface area is 146 Å². The van der Waals surface area contributed by atoms with E-state index in [0.29, 0.717) is 23.1 Å². The van der Waals surface area contributed by atoms with Gasteiger partial charge in [-0.1, -0.05) is 19.1 Å². The maximum absolute atomic E-state index is 12.9. The topological polar surface area (TPSA) is 38.3 Å². The zero-order valence-electron chi connectivity index (χ0n) is 12.8. The lowest BCUT2D eigenvalue weighted by molar-refractivity contribution is -0.137. The molecule has 0 atom stereocenters. The Hall–Kier alpha value is -2.02. The molecule has 2 rings (SSSR count). The molecule has 0 aliphatic rings. The van der Waals surface area contributed by atoms with Crippen LogP contribution < -0.4 is 10.1 Å². The first kappa shape index (κ1) is 18.3. The zero-order valence-corrected chi connectivity index (χ0v) is 14.4. The highest BCUT2D eigenvalue weighted by Gasteiger charge is 2.31. The van der Waals surface area contributed by atoms with Crippen molar-refractivity contribution < 1.29 is 22.7 Å². The summed E-state index contributed by atoms with van der Waals surface area (Å²) in [6, 6.07) is 9.67. The van der Waals surface area contributed by atoms with Crippen LogP contribution in [0.1, 0.15) is 29.3 Å². The van der Waals surface area contributed by atoms with Crippen LogP contribution in [0, 0.1) is 0 Å². The SMILES string of the molecule is CCCOc1ccc(C(F)(F)F)cc1NC(=O)c1ccccc1Br. The smallest absolute Gasteiger partial charge is 0.416 e. The molecule has 0 bridgehead atoms. The highest BCUT2D eigenvalue weighted by Crippen LogP contribution is 2.35. The van der Waals surface area contributed by atoms with Crippen LogP contribution in [0.25, 0.3) is 0 Å². The maximum Gasteiger partial charge on any atom is 0.416 e. The van der Waals surface area contributed by atoms with Crippen molar-refractivity contribution in [2.24, 2.45) is 0 Å². The lowest BCUT2D eigenvalue weighted by atomic mass is 10.1. The summed E-state index contributed by atoms with van der Waals surface area (Å²) in [5.41, 5.74) is -0.552. The van der Waals surface area contributed by atoms with E-state index >= 15 is 0 Å². The van der Waals surface area contributed by atoms with Gasteiger partial charge in [0.1, 0.15) is 5.75 Å². The molecule has 0 aromatic heterocycles. The van der Waals surface area contributed by atoms with Crippen molar-refractivity contribution in [1.29, 1.82) is 0 Å². The number of anilines is 1. The highest BCUT2D eigenvalue weighted by molar-refractivity contribution is 9.10. The molecule has 128 valence electrons. The summed E-state index contributed by atoms with van der Waals surface area (Å²) >= 11 is 3.24. The van der Waals surface area contributed by atoms with Gasteiger partial charge in [-0.3, -0.25) is 4.79 Å². The first-order chi connectivity index (χ1) is 11.3. The molecule has 0 radical (unpaired) electrons. The number of hydrogen-bond donors (Lipinski definition) is 1. The molecule has 0 spiro atoms. The van der Waals surface area contributed by atoms with Crippen LogP contribution in [0.15, 0.2) is 46.9 Å². The molecule has 0 fully saturated rings. The van der Waals surface area contributed by atoms with Gasteiger partial charge in [-0.05, 0) is 52.7 Å². The summed E-state index contributed by atoms with van der Waals surface area (Å²) in [7, 11) is 0. The van der Waals surface area contributed by atoms with E-state index in [2.05, 4.69) is 21.2 Å². The number of halogens is 4. The van der Waals surface area contributed by atoms with Crippen LogP contribution in [0.3, 0.4) is 0 Å². The van der Waals surface area contributed by atoms with Gasteiger partial charge in [0.05, 0.1) is 23.4 Å². The first-order valence-corrected chi connectivity index (χ1v) is 8.02. The Morgan fingerprint density at radius 1 is 1.21 bits per heavy atom. The molecule has 1 N–H and O–H groups in total. The number of hydrogen-bond acceptors (Lipinski definition) is 2. The van der Waals surface area contributed by atoms with Gasteiger partial charge in [0.15, 0.2) is 0 Å². The van der Waals surface area contributed by atoms with Crippen LogP contribution in [0.2, 0.25) is 0 Å². The summed E-state index contributed by atoms with van der Waals surface area (Å²) in [5.74, 6) is -0.326. The molecule has 7 heteroatoms. The predicted molar refractivity (Wildman–Crippen MR) is 89.3 cm³/mol. The van der Waals surface area contributed by atoms with E-state index in [9.17, 15) is 18.0 Å². The Balaban J connectivity index is 2.35. The minimum absolute atomic E-state index is 0.0148. The number of carbonyl (C=O) groups excluding carboxylic acids is 1. The van der Waals surface area contributed by atoms with Crippen molar-refractivity contribution >= 4 is 27.5 Å². The summed E-state index contributed by atoms with van der Waals surface area (Å²) in [6.07, 6.45) is -3.81. The molecule has 24 heavy (non-hydrogen) atoms. The minimum Gasteiger partial charge on any atom is -0.491 e. The molecule has 2 aromatic carbocycles. The second-order valence-corrected chi connectivity index (χ2v) is 5.85. The molecule has 0 saturated carbocycles. The Bertz CT molecular complexity index is 732. The number of alkyl halides is 3. The Morgan fingerprint density at radius 3 is 2.54 bits per heavy atom. The van der Waals surface area contributed by atoms with Gasteiger partial charge in [-0.25, -0.2) is 0 Å². The van der Waals surface area contributed by atoms with Crippen molar-refractivity contribution in [2.75, 3.05) is 11.9 Å². The number of rotatable bonds is 5. The average molecular weight is 402 g/mol. The monoisotopic (exact) mass is 401 g/mol. The summed E-state index contributed by atoms with van der Waals surface area (Å²) in [6.45, 7) is 2.21. The summed E-state index contributed by atoms with van der Waals surface area (Å²) in [5, 5.41) is 2.50. The highest BCUT2D eigenvalue weighted by atomic mass is 79.9. The molecule has 0 saturated heterocycles. The van der Waals surface area contributed by atoms with E-state index in [1.165, 1.54) is 6.07 Å². The van der Waals surface area contributed by atoms with Crippen LogP contribution in [0.4, 0.5) is 18.9 Å². The van der Waals surface area contributed by atoms with Crippen molar-refractivity contribution in [2.45, 2.75) is 19.5 Å². The molecule has 2 aromatic rings. The van der Waals surface area contributed by atoms with Gasteiger partial charge in [-0.2, -0.15) is 13.2 Å². The van der Waals surface area contributed by atoms with Gasteiger partial charge >= 0.3 is 6.18 Å². The molecule has 0 heterocycles. The van der Waals surface area contributed by atoms with Gasteiger partial charge in [0.2, 0.25) is 0 Å². The normalized spacial score (nSPS) is 11.2. The largest absolute Gasteiger partial charge is 0.491 e. The van der Waals surface area contributed by atoms with Gasteiger partial charge in [-0.15, -0.1) is 0 Å². The minimum atomic E-state index is -4.50. The van der Waals surface area contributed by atoms with E-state index in [0.717, 1.165) is 12.1 Å². The van der Waals surface area contributed by atoms with Gasteiger partial charge in [0.25, 0.3) is 5.91 Å². The number of amides is 1. The van der Waals surface area contributed by atoms with Gasteiger partial charge < -0.3 is 10.1 Å². The van der Waals surface area contributed by atoms with E-state index in [4.69, 9.17) is 4.74 Å². The number of nitrogens with one attached hydrogen (secondary N) is 1. The average Bonchev–Trinajstić information content (AvgIpc) is 2.53. The number of ether oxygens (including phenoxy) is 1. The van der Waals surface area contributed by atoms with E-state index in [1.54, 1.807) is 24.3 Å². The molecule has 1 amide bonds. The third-order valence-corrected chi connectivity index (χ3v) is 3.83.